The highest BCUT2D eigenvalue weighted by atomic mass is 32.1. The molecule has 3 rings (SSSR count). The molecule has 3 heterocycles. The smallest absolute Gasteiger partial charge is 0.222 e. The van der Waals surface area contributed by atoms with E-state index in [1.54, 1.807) is 11.3 Å². The van der Waals surface area contributed by atoms with E-state index < -0.39 is 0 Å². The molecule has 124 valence electrons. The van der Waals surface area contributed by atoms with Gasteiger partial charge in [-0.3, -0.25) is 9.69 Å². The van der Waals surface area contributed by atoms with Crippen molar-refractivity contribution >= 4 is 17.2 Å². The van der Waals surface area contributed by atoms with Gasteiger partial charge < -0.3 is 9.47 Å². The minimum Gasteiger partial charge on any atom is -0.341 e. The van der Waals surface area contributed by atoms with Crippen LogP contribution in [0.25, 0.3) is 0 Å². The first-order chi connectivity index (χ1) is 11.2. The fraction of sp³-hybridized carbons (Fsp3) is 0.529. The van der Waals surface area contributed by atoms with Crippen LogP contribution in [0.5, 0.6) is 0 Å². The molecule has 23 heavy (non-hydrogen) atoms. The summed E-state index contributed by atoms with van der Waals surface area (Å²) in [4.78, 5) is 22.5. The van der Waals surface area contributed by atoms with Gasteiger partial charge in [-0.15, -0.1) is 11.3 Å². The van der Waals surface area contributed by atoms with E-state index in [4.69, 9.17) is 0 Å². The molecular weight excluding hydrogens is 308 g/mol. The third-order valence-electron chi connectivity index (χ3n) is 4.39. The van der Waals surface area contributed by atoms with Crippen LogP contribution in [0.4, 0.5) is 0 Å². The van der Waals surface area contributed by atoms with Crippen LogP contribution in [0.2, 0.25) is 0 Å². The standard InChI is InChI=1S/C17H24N4OS/c1-19-10-7-18-16(19)14-20-8-3-9-21(12-11-20)17(22)6-5-15-4-2-13-23-15/h2,4,7,10,13H,3,5-6,8-9,11-12,14H2,1H3. The maximum Gasteiger partial charge on any atom is 0.222 e. The summed E-state index contributed by atoms with van der Waals surface area (Å²) in [6, 6.07) is 4.15. The van der Waals surface area contributed by atoms with Gasteiger partial charge in [0.2, 0.25) is 5.91 Å². The molecule has 0 atom stereocenters. The summed E-state index contributed by atoms with van der Waals surface area (Å²) < 4.78 is 2.06. The minimum absolute atomic E-state index is 0.289. The molecule has 2 aromatic rings. The van der Waals surface area contributed by atoms with E-state index in [0.29, 0.717) is 6.42 Å². The zero-order valence-corrected chi connectivity index (χ0v) is 14.5. The van der Waals surface area contributed by atoms with Crippen LogP contribution in [0.3, 0.4) is 0 Å². The lowest BCUT2D eigenvalue weighted by Gasteiger charge is -2.21. The number of amides is 1. The van der Waals surface area contributed by atoms with Gasteiger partial charge in [0, 0.05) is 56.9 Å². The molecule has 1 fully saturated rings. The monoisotopic (exact) mass is 332 g/mol. The highest BCUT2D eigenvalue weighted by Crippen LogP contribution is 2.13. The number of carbonyl (C=O) groups excluding carboxylic acids is 1. The van der Waals surface area contributed by atoms with Crippen LogP contribution in [0, 0.1) is 0 Å². The summed E-state index contributed by atoms with van der Waals surface area (Å²) in [7, 11) is 2.03. The number of rotatable bonds is 5. The van der Waals surface area contributed by atoms with Gasteiger partial charge >= 0.3 is 0 Å². The van der Waals surface area contributed by atoms with Crippen molar-refractivity contribution in [1.29, 1.82) is 0 Å². The fourth-order valence-electron chi connectivity index (χ4n) is 2.97. The third kappa shape index (κ3) is 4.42. The van der Waals surface area contributed by atoms with Gasteiger partial charge in [-0.2, -0.15) is 0 Å². The molecule has 0 bridgehead atoms. The highest BCUT2D eigenvalue weighted by Gasteiger charge is 2.19. The van der Waals surface area contributed by atoms with Crippen molar-refractivity contribution in [2.24, 2.45) is 7.05 Å². The van der Waals surface area contributed by atoms with Gasteiger partial charge in [0.05, 0.1) is 6.54 Å². The van der Waals surface area contributed by atoms with Crippen molar-refractivity contribution < 1.29 is 4.79 Å². The van der Waals surface area contributed by atoms with Crippen molar-refractivity contribution in [3.8, 4) is 0 Å². The molecular formula is C17H24N4OS. The maximum absolute atomic E-state index is 12.4. The van der Waals surface area contributed by atoms with E-state index in [0.717, 1.165) is 51.4 Å². The normalized spacial score (nSPS) is 16.5. The molecule has 0 unspecified atom stereocenters. The molecule has 0 saturated carbocycles. The van der Waals surface area contributed by atoms with E-state index in [1.165, 1.54) is 4.88 Å². The molecule has 2 aromatic heterocycles. The number of imidazole rings is 1. The minimum atomic E-state index is 0.289. The van der Waals surface area contributed by atoms with E-state index in [9.17, 15) is 4.79 Å². The van der Waals surface area contributed by atoms with E-state index in [2.05, 4.69) is 25.9 Å². The van der Waals surface area contributed by atoms with Gasteiger partial charge in [-0.1, -0.05) is 6.07 Å². The lowest BCUT2D eigenvalue weighted by Crippen LogP contribution is -2.35. The molecule has 0 aliphatic carbocycles. The maximum atomic E-state index is 12.4. The number of thiophene rings is 1. The van der Waals surface area contributed by atoms with Gasteiger partial charge in [-0.25, -0.2) is 4.98 Å². The number of aromatic nitrogens is 2. The lowest BCUT2D eigenvalue weighted by molar-refractivity contribution is -0.131. The fourth-order valence-corrected chi connectivity index (χ4v) is 3.68. The second-order valence-corrected chi connectivity index (χ2v) is 7.08. The van der Waals surface area contributed by atoms with Crippen LogP contribution >= 0.6 is 11.3 Å². The topological polar surface area (TPSA) is 41.4 Å². The molecule has 0 aromatic carbocycles. The van der Waals surface area contributed by atoms with Gasteiger partial charge in [0.25, 0.3) is 0 Å². The van der Waals surface area contributed by atoms with Crippen molar-refractivity contribution in [3.63, 3.8) is 0 Å². The van der Waals surface area contributed by atoms with Crippen LogP contribution in [-0.4, -0.2) is 51.4 Å². The van der Waals surface area contributed by atoms with Gasteiger partial charge in [0.15, 0.2) is 0 Å². The highest BCUT2D eigenvalue weighted by molar-refractivity contribution is 7.09. The van der Waals surface area contributed by atoms with E-state index in [-0.39, 0.29) is 5.91 Å². The second-order valence-electron chi connectivity index (χ2n) is 6.04. The average molecular weight is 332 g/mol. The van der Waals surface area contributed by atoms with Gasteiger partial charge in [-0.05, 0) is 24.3 Å². The predicted octanol–water partition coefficient (Wildman–Crippen LogP) is 2.15. The summed E-state index contributed by atoms with van der Waals surface area (Å²) in [6.07, 6.45) is 6.35. The number of hydrogen-bond acceptors (Lipinski definition) is 4. The summed E-state index contributed by atoms with van der Waals surface area (Å²) in [5.74, 6) is 1.37. The third-order valence-corrected chi connectivity index (χ3v) is 5.33. The van der Waals surface area contributed by atoms with Crippen LogP contribution in [0.15, 0.2) is 29.9 Å². The second kappa shape index (κ2) is 7.75. The van der Waals surface area contributed by atoms with Crippen LogP contribution in [0.1, 0.15) is 23.5 Å². The summed E-state index contributed by atoms with van der Waals surface area (Å²) in [5, 5.41) is 2.07. The molecule has 0 N–H and O–H groups in total. The summed E-state index contributed by atoms with van der Waals surface area (Å²) in [5.41, 5.74) is 0. The quantitative estimate of drug-likeness (QED) is 0.842. The Bertz CT molecular complexity index is 622. The van der Waals surface area contributed by atoms with Crippen LogP contribution in [-0.2, 0) is 24.8 Å². The van der Waals surface area contributed by atoms with Crippen molar-refractivity contribution in [2.45, 2.75) is 25.8 Å². The predicted molar refractivity (Wildman–Crippen MR) is 92.3 cm³/mol. The average Bonchev–Trinajstić information content (AvgIpc) is 3.14. The zero-order chi connectivity index (χ0) is 16.1. The van der Waals surface area contributed by atoms with Crippen molar-refractivity contribution in [2.75, 3.05) is 26.2 Å². The van der Waals surface area contributed by atoms with Crippen LogP contribution < -0.4 is 0 Å². The number of hydrogen-bond donors (Lipinski definition) is 0. The summed E-state index contributed by atoms with van der Waals surface area (Å²) >= 11 is 1.73. The van der Waals surface area contributed by atoms with Crippen molar-refractivity contribution in [3.05, 3.63) is 40.6 Å². The Morgan fingerprint density at radius 3 is 2.96 bits per heavy atom. The Morgan fingerprint density at radius 1 is 1.30 bits per heavy atom. The van der Waals surface area contributed by atoms with E-state index in [1.807, 2.05) is 30.4 Å². The number of carbonyl (C=O) groups is 1. The Kier molecular flexibility index (Phi) is 5.46. The molecule has 6 heteroatoms. The Morgan fingerprint density at radius 2 is 2.22 bits per heavy atom. The zero-order valence-electron chi connectivity index (χ0n) is 13.6. The van der Waals surface area contributed by atoms with E-state index >= 15 is 0 Å². The molecule has 1 aliphatic rings. The molecule has 0 spiro atoms. The molecule has 1 saturated heterocycles. The SMILES string of the molecule is Cn1ccnc1CN1CCCN(C(=O)CCc2cccs2)CC1. The van der Waals surface area contributed by atoms with Gasteiger partial charge in [0.1, 0.15) is 5.82 Å². The Labute approximate surface area is 141 Å². The Balaban J connectivity index is 1.47. The molecule has 1 aliphatic heterocycles. The Hall–Kier alpha value is -1.66. The van der Waals surface area contributed by atoms with Crippen molar-refractivity contribution in [1.82, 2.24) is 19.4 Å². The number of nitrogens with zero attached hydrogens (tertiary/aromatic N) is 4. The molecule has 5 nitrogen and oxygen atoms in total. The summed E-state index contributed by atoms with van der Waals surface area (Å²) in [6.45, 7) is 4.52. The first-order valence-corrected chi connectivity index (χ1v) is 9.09. The first kappa shape index (κ1) is 16.2. The largest absolute Gasteiger partial charge is 0.341 e. The lowest BCUT2D eigenvalue weighted by atomic mass is 10.2. The molecule has 1 amide bonds. The number of aryl methyl sites for hydroxylation is 2. The first-order valence-electron chi connectivity index (χ1n) is 8.21. The molecule has 0 radical (unpaired) electrons.